The van der Waals surface area contributed by atoms with Crippen molar-refractivity contribution in [1.82, 2.24) is 19.8 Å². The summed E-state index contributed by atoms with van der Waals surface area (Å²) in [5, 5.41) is 28.2. The van der Waals surface area contributed by atoms with E-state index >= 15 is 0 Å². The van der Waals surface area contributed by atoms with Gasteiger partial charge in [-0.2, -0.15) is 4.31 Å². The number of aliphatic hydroxyl groups excluding tert-OH is 1. The Kier molecular flexibility index (Phi) is 22.8. The van der Waals surface area contributed by atoms with Crippen molar-refractivity contribution in [2.24, 2.45) is 11.3 Å². The normalized spacial score (nSPS) is 14.9. The van der Waals surface area contributed by atoms with Gasteiger partial charge in [-0.1, -0.05) is 83.1 Å². The van der Waals surface area contributed by atoms with Gasteiger partial charge in [-0.25, -0.2) is 18.0 Å². The van der Waals surface area contributed by atoms with Crippen LogP contribution in [0.1, 0.15) is 95.9 Å². The molecule has 1 aliphatic rings. The van der Waals surface area contributed by atoms with E-state index in [1.165, 1.54) is 12.0 Å². The van der Waals surface area contributed by atoms with Gasteiger partial charge in [-0.15, -0.1) is 0 Å². The van der Waals surface area contributed by atoms with Crippen LogP contribution >= 0.6 is 0 Å². The fourth-order valence-electron chi connectivity index (χ4n) is 8.56. The number of rotatable bonds is 29. The van der Waals surface area contributed by atoms with Crippen molar-refractivity contribution in [2.45, 2.75) is 115 Å². The van der Waals surface area contributed by atoms with E-state index in [1.54, 1.807) is 95.5 Å². The lowest BCUT2D eigenvalue weighted by molar-refractivity contribution is -0.384. The van der Waals surface area contributed by atoms with E-state index in [9.17, 15) is 47.6 Å². The number of esters is 1. The maximum atomic E-state index is 14.1. The molecule has 3 N–H and O–H groups in total. The predicted octanol–water partition coefficient (Wildman–Crippen LogP) is 7.15. The smallest absolute Gasteiger partial charge is 0.407 e. The van der Waals surface area contributed by atoms with Crippen LogP contribution in [-0.4, -0.2) is 129 Å². The molecular formula is C56H73N5O15S. The van der Waals surface area contributed by atoms with Gasteiger partial charge in [-0.05, 0) is 110 Å². The molecule has 0 radical (unpaired) electrons. The summed E-state index contributed by atoms with van der Waals surface area (Å²) < 4.78 is 57.1. The van der Waals surface area contributed by atoms with Crippen LogP contribution in [0.25, 0.3) is 0 Å². The van der Waals surface area contributed by atoms with Crippen molar-refractivity contribution in [3.63, 3.8) is 0 Å². The van der Waals surface area contributed by atoms with E-state index in [0.717, 1.165) is 39.7 Å². The molecule has 418 valence electrons. The van der Waals surface area contributed by atoms with Crippen molar-refractivity contribution in [2.75, 3.05) is 53.6 Å². The van der Waals surface area contributed by atoms with E-state index in [2.05, 4.69) is 10.6 Å². The molecular weight excluding hydrogens is 1010 g/mol. The molecule has 4 atom stereocenters. The number of non-ortho nitro benzene ring substituents is 1. The highest BCUT2D eigenvalue weighted by molar-refractivity contribution is 7.89. The number of sulfonamides is 1. The number of nitrogens with one attached hydrogen (secondary N) is 2. The SMILES string of the molecule is CCC(C)(C)C(=O)C(=O)N1CCCC[C@H]1C(=O)O[C@H](CCc1ccc(OC)c(OC)c1)c1cccc(OCC(=O)NCCCOC(=O)N[C@@H](Cc2ccccc2)[C@H](O)CN(CC(C)C)S(=O)(=O)c2ccc([N+](=O)[O-])cc2)c1. The predicted molar refractivity (Wildman–Crippen MR) is 286 cm³/mol. The molecule has 5 rings (SSSR count). The van der Waals surface area contributed by atoms with Crippen molar-refractivity contribution < 1.29 is 66.1 Å². The van der Waals surface area contributed by atoms with Crippen LogP contribution in [0, 0.1) is 21.4 Å². The largest absolute Gasteiger partial charge is 0.493 e. The minimum atomic E-state index is -4.23. The number of piperidine rings is 1. The highest BCUT2D eigenvalue weighted by Crippen LogP contribution is 2.33. The second kappa shape index (κ2) is 28.9. The highest BCUT2D eigenvalue weighted by Gasteiger charge is 2.41. The van der Waals surface area contributed by atoms with Gasteiger partial charge < -0.3 is 44.3 Å². The Bertz CT molecular complexity index is 2740. The summed E-state index contributed by atoms with van der Waals surface area (Å²) in [6, 6.07) is 23.8. The number of carbonyl (C=O) groups excluding carboxylic acids is 5. The molecule has 21 heteroatoms. The highest BCUT2D eigenvalue weighted by atomic mass is 32.2. The third kappa shape index (κ3) is 17.7. The molecule has 0 aliphatic carbocycles. The van der Waals surface area contributed by atoms with Gasteiger partial charge >= 0.3 is 12.1 Å². The van der Waals surface area contributed by atoms with Gasteiger partial charge in [-0.3, -0.25) is 24.5 Å². The number of nitro benzene ring substituents is 1. The summed E-state index contributed by atoms with van der Waals surface area (Å²) in [5.41, 5.74) is 1.03. The lowest BCUT2D eigenvalue weighted by Crippen LogP contribution is -2.53. The Labute approximate surface area is 450 Å². The van der Waals surface area contributed by atoms with Crippen LogP contribution in [0.3, 0.4) is 0 Å². The second-order valence-corrected chi connectivity index (χ2v) is 21.8. The minimum absolute atomic E-state index is 0.0103. The number of hydrogen-bond acceptors (Lipinski definition) is 15. The molecule has 0 saturated carbocycles. The molecule has 0 bridgehead atoms. The number of likely N-dealkylation sites (tertiary alicyclic amines) is 1. The number of nitro groups is 1. The molecule has 1 aliphatic heterocycles. The summed E-state index contributed by atoms with van der Waals surface area (Å²) in [5.74, 6) is -1.12. The Balaban J connectivity index is 1.18. The first-order valence-corrected chi connectivity index (χ1v) is 27.3. The maximum absolute atomic E-state index is 14.1. The minimum Gasteiger partial charge on any atom is -0.493 e. The van der Waals surface area contributed by atoms with Crippen LogP contribution in [0.2, 0.25) is 0 Å². The fourth-order valence-corrected chi connectivity index (χ4v) is 10.2. The molecule has 77 heavy (non-hydrogen) atoms. The summed E-state index contributed by atoms with van der Waals surface area (Å²) in [6.45, 7) is 8.32. The number of Topliss-reactive ketones (excluding diaryl/α,β-unsaturated/α-hetero) is 1. The summed E-state index contributed by atoms with van der Waals surface area (Å²) in [6.07, 6.45) is 0.0837. The fraction of sp³-hybridized carbons (Fsp3) is 0.482. The van der Waals surface area contributed by atoms with Gasteiger partial charge in [0.05, 0.1) is 42.8 Å². The Morgan fingerprint density at radius 3 is 2.27 bits per heavy atom. The maximum Gasteiger partial charge on any atom is 0.407 e. The Morgan fingerprint density at radius 1 is 0.896 bits per heavy atom. The van der Waals surface area contributed by atoms with Crippen molar-refractivity contribution in [3.05, 3.63) is 124 Å². The Morgan fingerprint density at radius 2 is 1.61 bits per heavy atom. The van der Waals surface area contributed by atoms with Crippen LogP contribution in [0.5, 0.6) is 17.2 Å². The molecule has 4 aromatic rings. The van der Waals surface area contributed by atoms with Gasteiger partial charge in [0, 0.05) is 43.7 Å². The third-order valence-corrected chi connectivity index (χ3v) is 15.2. The lowest BCUT2D eigenvalue weighted by atomic mass is 9.84. The summed E-state index contributed by atoms with van der Waals surface area (Å²) >= 11 is 0. The van der Waals surface area contributed by atoms with E-state index in [0.29, 0.717) is 61.3 Å². The van der Waals surface area contributed by atoms with Gasteiger partial charge in [0.1, 0.15) is 17.9 Å². The van der Waals surface area contributed by atoms with Crippen molar-refractivity contribution in [1.29, 1.82) is 0 Å². The number of carbonyl (C=O) groups is 5. The van der Waals surface area contributed by atoms with Crippen LogP contribution < -0.4 is 24.8 Å². The number of methoxy groups -OCH3 is 2. The van der Waals surface area contributed by atoms with Crippen molar-refractivity contribution in [3.8, 4) is 17.2 Å². The lowest BCUT2D eigenvalue weighted by Gasteiger charge is -2.36. The quantitative estimate of drug-likeness (QED) is 0.0160. The average Bonchev–Trinajstić information content (AvgIpc) is 3.42. The zero-order valence-corrected chi connectivity index (χ0v) is 45.8. The first-order chi connectivity index (χ1) is 36.7. The second-order valence-electron chi connectivity index (χ2n) is 19.9. The number of hydrogen-bond donors (Lipinski definition) is 3. The summed E-state index contributed by atoms with van der Waals surface area (Å²) in [4.78, 5) is 78.8. The molecule has 1 fully saturated rings. The number of aryl methyl sites for hydroxylation is 1. The number of benzene rings is 4. The average molecular weight is 1090 g/mol. The number of alkyl carbamates (subject to hydrolysis) is 1. The molecule has 20 nitrogen and oxygen atoms in total. The van der Waals surface area contributed by atoms with E-state index < -0.39 is 80.9 Å². The van der Waals surface area contributed by atoms with E-state index in [1.807, 2.05) is 19.1 Å². The van der Waals surface area contributed by atoms with Crippen LogP contribution in [0.15, 0.2) is 102 Å². The zero-order valence-electron chi connectivity index (χ0n) is 44.9. The molecule has 0 spiro atoms. The molecule has 3 amide bonds. The van der Waals surface area contributed by atoms with Gasteiger partial charge in [0.2, 0.25) is 15.8 Å². The van der Waals surface area contributed by atoms with E-state index in [4.69, 9.17) is 23.7 Å². The number of ketones is 1. The van der Waals surface area contributed by atoms with Gasteiger partial charge in [0.15, 0.2) is 18.1 Å². The molecule has 4 aromatic carbocycles. The number of aliphatic hydroxyl groups is 1. The van der Waals surface area contributed by atoms with Crippen LogP contribution in [-0.2, 0) is 51.5 Å². The molecule has 0 unspecified atom stereocenters. The zero-order chi connectivity index (χ0) is 56.3. The Hall–Kier alpha value is -7.10. The monoisotopic (exact) mass is 1090 g/mol. The topological polar surface area (TPSA) is 260 Å². The first kappa shape index (κ1) is 60.8. The van der Waals surface area contributed by atoms with E-state index in [-0.39, 0.29) is 62.2 Å². The number of amides is 3. The van der Waals surface area contributed by atoms with Crippen molar-refractivity contribution >= 4 is 45.4 Å². The number of ether oxygens (including phenoxy) is 5. The van der Waals surface area contributed by atoms with Crippen LogP contribution in [0.4, 0.5) is 10.5 Å². The third-order valence-electron chi connectivity index (χ3n) is 13.3. The molecule has 1 heterocycles. The molecule has 1 saturated heterocycles. The number of nitrogens with zero attached hydrogens (tertiary/aromatic N) is 3. The summed E-state index contributed by atoms with van der Waals surface area (Å²) in [7, 11) is -1.15. The van der Waals surface area contributed by atoms with Gasteiger partial charge in [0.25, 0.3) is 17.5 Å². The molecule has 0 aromatic heterocycles. The standard InChI is InChI=1S/C56H73N5O15S/c1-8-56(4,5)52(64)53(65)60-30-13-12-20-46(60)54(66)76-48(27-21-40-22-28-49(72-6)50(33-40)73-7)41-18-14-19-43(34-41)75-37-51(63)57-29-15-31-74-55(67)58-45(32-39-16-10-9-11-17-39)47(62)36-59(35-38(2)3)77(70,71)44-25-23-42(24-26-44)61(68)69/h9-11,14,16-19,22-26,28,33-34,38,45-48,62H,8,12-13,15,20-21,27,29-32,35-37H2,1-7H3,(H,57,63)(H,58,67)/t45-,46-,47+,48+/m0/s1. The first-order valence-electron chi connectivity index (χ1n) is 25.8.